The lowest BCUT2D eigenvalue weighted by Crippen LogP contribution is -2.37. The number of hydrazone groups is 1. The van der Waals surface area contributed by atoms with Gasteiger partial charge in [0.15, 0.2) is 0 Å². The molecule has 1 amide bonds. The summed E-state index contributed by atoms with van der Waals surface area (Å²) in [6.07, 6.45) is 4.75. The van der Waals surface area contributed by atoms with Crippen molar-refractivity contribution in [1.29, 1.82) is 0 Å². The molecule has 10 heteroatoms. The summed E-state index contributed by atoms with van der Waals surface area (Å²) in [6, 6.07) is 10.3. The summed E-state index contributed by atoms with van der Waals surface area (Å²) >= 11 is 0. The summed E-state index contributed by atoms with van der Waals surface area (Å²) < 4.78 is 27.6. The van der Waals surface area contributed by atoms with Crippen LogP contribution in [0.4, 0.5) is 14.5 Å². The van der Waals surface area contributed by atoms with Gasteiger partial charge in [0.25, 0.3) is 11.5 Å². The standard InChI is InChI=1S/C26H26F2N6O2/c27-17-11-22(28)20-13-21(25(35)31-23(20)12-17)24(32-29)14-30-18-5-3-16(4-6-18)26(36)34-10-7-19(15-34)33-8-1-2-9-33/h3-6,11-14,19H,1-2,7-10,15,29H2,(H,31,35). The number of fused-ring (bicyclic) bond motifs is 1. The average molecular weight is 493 g/mol. The average Bonchev–Trinajstić information content (AvgIpc) is 3.57. The normalized spacial score (nSPS) is 19.1. The van der Waals surface area contributed by atoms with Gasteiger partial charge in [-0.05, 0) is 68.8 Å². The van der Waals surface area contributed by atoms with Gasteiger partial charge in [-0.3, -0.25) is 19.5 Å². The Bertz CT molecular complexity index is 1410. The third kappa shape index (κ3) is 4.76. The lowest BCUT2D eigenvalue weighted by Gasteiger charge is -2.23. The summed E-state index contributed by atoms with van der Waals surface area (Å²) in [4.78, 5) is 36.5. The van der Waals surface area contributed by atoms with E-state index in [1.807, 2.05) is 4.90 Å². The molecular weight excluding hydrogens is 466 g/mol. The number of rotatable bonds is 5. The zero-order valence-corrected chi connectivity index (χ0v) is 19.6. The minimum atomic E-state index is -0.819. The smallest absolute Gasteiger partial charge is 0.258 e. The van der Waals surface area contributed by atoms with Crippen molar-refractivity contribution in [2.45, 2.75) is 25.3 Å². The van der Waals surface area contributed by atoms with Crippen LogP contribution in [-0.2, 0) is 0 Å². The number of amides is 1. The number of carbonyl (C=O) groups excluding carboxylic acids is 1. The lowest BCUT2D eigenvalue weighted by molar-refractivity contribution is 0.0780. The molecule has 186 valence electrons. The van der Waals surface area contributed by atoms with E-state index in [1.165, 1.54) is 25.1 Å². The van der Waals surface area contributed by atoms with Crippen LogP contribution in [0.5, 0.6) is 0 Å². The van der Waals surface area contributed by atoms with Crippen LogP contribution < -0.4 is 11.4 Å². The minimum absolute atomic E-state index is 0.00222. The van der Waals surface area contributed by atoms with Gasteiger partial charge in [-0.1, -0.05) is 0 Å². The SMILES string of the molecule is NN=C(C=Nc1ccc(C(=O)N2CCC(N3CCCC3)C2)cc1)c1cc2c(F)cc(F)cc2[nH]c1=O. The van der Waals surface area contributed by atoms with Crippen LogP contribution >= 0.6 is 0 Å². The Hall–Kier alpha value is -3.92. The molecule has 1 unspecified atom stereocenters. The predicted octanol–water partition coefficient (Wildman–Crippen LogP) is 3.18. The van der Waals surface area contributed by atoms with Crippen molar-refractivity contribution in [1.82, 2.24) is 14.8 Å². The number of H-pyrrole nitrogens is 1. The Labute approximate surface area is 206 Å². The zero-order chi connectivity index (χ0) is 25.2. The van der Waals surface area contributed by atoms with Gasteiger partial charge in [0, 0.05) is 36.1 Å². The number of hydrogen-bond acceptors (Lipinski definition) is 6. The van der Waals surface area contributed by atoms with E-state index in [2.05, 4.69) is 20.0 Å². The molecule has 36 heavy (non-hydrogen) atoms. The molecule has 2 aromatic carbocycles. The Balaban J connectivity index is 1.29. The van der Waals surface area contributed by atoms with Crippen LogP contribution in [0.15, 0.2) is 57.4 Å². The molecule has 1 aromatic heterocycles. The number of carbonyl (C=O) groups is 1. The molecule has 1 atom stereocenters. The van der Waals surface area contributed by atoms with Gasteiger partial charge < -0.3 is 15.7 Å². The number of nitrogens with zero attached hydrogens (tertiary/aromatic N) is 4. The number of nitrogens with two attached hydrogens (primary N) is 1. The molecule has 3 N–H and O–H groups in total. The molecule has 0 aliphatic carbocycles. The van der Waals surface area contributed by atoms with Crippen molar-refractivity contribution in [2.75, 3.05) is 26.2 Å². The molecule has 3 heterocycles. The Morgan fingerprint density at radius 3 is 2.56 bits per heavy atom. The van der Waals surface area contributed by atoms with E-state index in [4.69, 9.17) is 5.84 Å². The third-order valence-corrected chi connectivity index (χ3v) is 6.85. The number of halogens is 2. The molecule has 0 spiro atoms. The van der Waals surface area contributed by atoms with Crippen LogP contribution in [0.3, 0.4) is 0 Å². The molecule has 2 saturated heterocycles. The van der Waals surface area contributed by atoms with Crippen molar-refractivity contribution >= 4 is 34.4 Å². The van der Waals surface area contributed by atoms with E-state index in [9.17, 15) is 18.4 Å². The summed E-state index contributed by atoms with van der Waals surface area (Å²) in [5.41, 5.74) is 0.535. The second kappa shape index (κ2) is 9.98. The van der Waals surface area contributed by atoms with Gasteiger partial charge in [-0.25, -0.2) is 8.78 Å². The van der Waals surface area contributed by atoms with Crippen molar-refractivity contribution in [2.24, 2.45) is 15.9 Å². The summed E-state index contributed by atoms with van der Waals surface area (Å²) in [5, 5.41) is 3.64. The van der Waals surface area contributed by atoms with E-state index in [0.717, 1.165) is 44.7 Å². The fourth-order valence-corrected chi connectivity index (χ4v) is 4.94. The van der Waals surface area contributed by atoms with E-state index in [1.54, 1.807) is 24.3 Å². The maximum Gasteiger partial charge on any atom is 0.258 e. The van der Waals surface area contributed by atoms with Crippen molar-refractivity contribution in [3.8, 4) is 0 Å². The van der Waals surface area contributed by atoms with Gasteiger partial charge in [0.2, 0.25) is 0 Å². The first kappa shape index (κ1) is 23.8. The van der Waals surface area contributed by atoms with Gasteiger partial charge in [-0.15, -0.1) is 0 Å². The maximum atomic E-state index is 14.2. The maximum absolute atomic E-state index is 14.2. The largest absolute Gasteiger partial charge is 0.337 e. The highest BCUT2D eigenvalue weighted by molar-refractivity contribution is 6.38. The van der Waals surface area contributed by atoms with Gasteiger partial charge in [0.1, 0.15) is 17.3 Å². The number of aliphatic imine (C=N–C) groups is 1. The van der Waals surface area contributed by atoms with Crippen LogP contribution in [-0.4, -0.2) is 64.8 Å². The highest BCUT2D eigenvalue weighted by atomic mass is 19.1. The molecule has 8 nitrogen and oxygen atoms in total. The van der Waals surface area contributed by atoms with E-state index in [0.29, 0.717) is 17.3 Å². The molecule has 2 aliphatic rings. The van der Waals surface area contributed by atoms with Crippen LogP contribution in [0.2, 0.25) is 0 Å². The van der Waals surface area contributed by atoms with Crippen LogP contribution in [0.1, 0.15) is 35.2 Å². The number of nitrogens with one attached hydrogen (secondary N) is 1. The fourth-order valence-electron chi connectivity index (χ4n) is 4.94. The number of pyridine rings is 1. The summed E-state index contributed by atoms with van der Waals surface area (Å²) in [7, 11) is 0. The molecule has 0 saturated carbocycles. The summed E-state index contributed by atoms with van der Waals surface area (Å²) in [6.45, 7) is 3.74. The second-order valence-electron chi connectivity index (χ2n) is 9.12. The molecule has 2 aliphatic heterocycles. The first-order valence-corrected chi connectivity index (χ1v) is 11.9. The lowest BCUT2D eigenvalue weighted by atomic mass is 10.1. The third-order valence-electron chi connectivity index (χ3n) is 6.85. The zero-order valence-electron chi connectivity index (χ0n) is 19.6. The molecule has 2 fully saturated rings. The Morgan fingerprint density at radius 2 is 1.83 bits per heavy atom. The van der Waals surface area contributed by atoms with Crippen molar-refractivity contribution in [3.05, 3.63) is 75.6 Å². The van der Waals surface area contributed by atoms with Gasteiger partial charge >= 0.3 is 0 Å². The quantitative estimate of drug-likeness (QED) is 0.324. The van der Waals surface area contributed by atoms with E-state index in [-0.39, 0.29) is 28.1 Å². The first-order valence-electron chi connectivity index (χ1n) is 11.9. The Kier molecular flexibility index (Phi) is 6.60. The number of hydrogen-bond donors (Lipinski definition) is 2. The van der Waals surface area contributed by atoms with Crippen molar-refractivity contribution in [3.63, 3.8) is 0 Å². The molecule has 5 rings (SSSR count). The van der Waals surface area contributed by atoms with Crippen molar-refractivity contribution < 1.29 is 13.6 Å². The minimum Gasteiger partial charge on any atom is -0.337 e. The van der Waals surface area contributed by atoms with E-state index >= 15 is 0 Å². The Morgan fingerprint density at radius 1 is 1.08 bits per heavy atom. The fraction of sp³-hybridized carbons (Fsp3) is 0.308. The molecule has 3 aromatic rings. The van der Waals surface area contributed by atoms with Crippen LogP contribution in [0.25, 0.3) is 10.9 Å². The number of benzene rings is 2. The van der Waals surface area contributed by atoms with Gasteiger partial charge in [0.05, 0.1) is 23.0 Å². The topological polar surface area (TPSA) is 107 Å². The highest BCUT2D eigenvalue weighted by Gasteiger charge is 2.31. The monoisotopic (exact) mass is 492 g/mol. The predicted molar refractivity (Wildman–Crippen MR) is 135 cm³/mol. The molecular formula is C26H26F2N6O2. The van der Waals surface area contributed by atoms with Gasteiger partial charge in [-0.2, -0.15) is 5.10 Å². The molecule has 0 bridgehead atoms. The number of aromatic nitrogens is 1. The van der Waals surface area contributed by atoms with E-state index < -0.39 is 17.2 Å². The molecule has 0 radical (unpaired) electrons. The first-order chi connectivity index (χ1) is 17.4. The highest BCUT2D eigenvalue weighted by Crippen LogP contribution is 2.23. The number of likely N-dealkylation sites (tertiary alicyclic amines) is 2. The number of aromatic amines is 1. The second-order valence-corrected chi connectivity index (χ2v) is 9.12. The van der Waals surface area contributed by atoms with Crippen LogP contribution in [0, 0.1) is 11.6 Å². The summed E-state index contributed by atoms with van der Waals surface area (Å²) in [5.74, 6) is 3.85.